The molecule has 0 aromatic carbocycles. The molecular weight excluding hydrogens is 204 g/mol. The molecule has 0 bridgehead atoms. The SMILES string of the molecule is Cc1cccnc1CC(N)c1cccs1. The lowest BCUT2D eigenvalue weighted by atomic mass is 10.1. The van der Waals surface area contributed by atoms with E-state index < -0.39 is 0 Å². The minimum absolute atomic E-state index is 0.0681. The topological polar surface area (TPSA) is 38.9 Å². The standard InChI is InChI=1S/C12H14N2S/c1-9-4-2-6-14-11(9)8-10(13)12-5-3-7-15-12/h2-7,10H,8,13H2,1H3. The summed E-state index contributed by atoms with van der Waals surface area (Å²) in [4.78, 5) is 5.58. The largest absolute Gasteiger partial charge is 0.323 e. The van der Waals surface area contributed by atoms with Crippen LogP contribution in [0.25, 0.3) is 0 Å². The molecular formula is C12H14N2S. The Labute approximate surface area is 93.8 Å². The number of rotatable bonds is 3. The Kier molecular flexibility index (Phi) is 3.14. The quantitative estimate of drug-likeness (QED) is 0.860. The van der Waals surface area contributed by atoms with Gasteiger partial charge in [-0.05, 0) is 30.0 Å². The van der Waals surface area contributed by atoms with E-state index in [9.17, 15) is 0 Å². The maximum absolute atomic E-state index is 6.11. The lowest BCUT2D eigenvalue weighted by molar-refractivity contribution is 0.715. The van der Waals surface area contributed by atoms with Gasteiger partial charge < -0.3 is 5.73 Å². The summed E-state index contributed by atoms with van der Waals surface area (Å²) in [5.41, 5.74) is 8.42. The molecule has 2 rings (SSSR count). The zero-order valence-electron chi connectivity index (χ0n) is 8.68. The summed E-state index contributed by atoms with van der Waals surface area (Å²) < 4.78 is 0. The maximum Gasteiger partial charge on any atom is 0.0451 e. The van der Waals surface area contributed by atoms with E-state index in [2.05, 4.69) is 29.4 Å². The van der Waals surface area contributed by atoms with Crippen molar-refractivity contribution in [3.63, 3.8) is 0 Å². The highest BCUT2D eigenvalue weighted by Crippen LogP contribution is 2.20. The third-order valence-corrected chi connectivity index (χ3v) is 3.44. The van der Waals surface area contributed by atoms with Gasteiger partial charge >= 0.3 is 0 Å². The Hall–Kier alpha value is -1.19. The van der Waals surface area contributed by atoms with Gasteiger partial charge in [-0.15, -0.1) is 11.3 Å². The summed E-state index contributed by atoms with van der Waals surface area (Å²) in [6, 6.07) is 8.20. The minimum Gasteiger partial charge on any atom is -0.323 e. The van der Waals surface area contributed by atoms with Crippen molar-refractivity contribution in [3.8, 4) is 0 Å². The van der Waals surface area contributed by atoms with Gasteiger partial charge in [0.25, 0.3) is 0 Å². The van der Waals surface area contributed by atoms with E-state index in [0.717, 1.165) is 12.1 Å². The van der Waals surface area contributed by atoms with Crippen LogP contribution < -0.4 is 5.73 Å². The number of nitrogens with zero attached hydrogens (tertiary/aromatic N) is 1. The van der Waals surface area contributed by atoms with Crippen molar-refractivity contribution in [2.75, 3.05) is 0 Å². The lowest BCUT2D eigenvalue weighted by Crippen LogP contribution is -2.13. The van der Waals surface area contributed by atoms with Gasteiger partial charge in [-0.3, -0.25) is 4.98 Å². The Morgan fingerprint density at radius 3 is 2.93 bits per heavy atom. The van der Waals surface area contributed by atoms with E-state index in [4.69, 9.17) is 5.73 Å². The summed E-state index contributed by atoms with van der Waals surface area (Å²) in [5.74, 6) is 0. The Morgan fingerprint density at radius 1 is 1.40 bits per heavy atom. The summed E-state index contributed by atoms with van der Waals surface area (Å²) >= 11 is 1.70. The van der Waals surface area contributed by atoms with E-state index in [1.54, 1.807) is 11.3 Å². The number of pyridine rings is 1. The average Bonchev–Trinajstić information content (AvgIpc) is 2.74. The molecule has 1 atom stereocenters. The van der Waals surface area contributed by atoms with Crippen LogP contribution in [0.5, 0.6) is 0 Å². The highest BCUT2D eigenvalue weighted by Gasteiger charge is 2.09. The lowest BCUT2D eigenvalue weighted by Gasteiger charge is -2.10. The number of aromatic nitrogens is 1. The van der Waals surface area contributed by atoms with E-state index in [1.165, 1.54) is 10.4 Å². The molecule has 3 heteroatoms. The van der Waals surface area contributed by atoms with Crippen LogP contribution in [-0.2, 0) is 6.42 Å². The molecule has 0 aliphatic rings. The van der Waals surface area contributed by atoms with Crippen LogP contribution in [0.3, 0.4) is 0 Å². The van der Waals surface area contributed by atoms with Gasteiger partial charge in [0.1, 0.15) is 0 Å². The van der Waals surface area contributed by atoms with Gasteiger partial charge in [-0.2, -0.15) is 0 Å². The molecule has 0 aliphatic carbocycles. The molecule has 2 heterocycles. The van der Waals surface area contributed by atoms with Crippen molar-refractivity contribution in [3.05, 3.63) is 52.0 Å². The molecule has 2 aromatic heterocycles. The van der Waals surface area contributed by atoms with Crippen LogP contribution in [0, 0.1) is 6.92 Å². The Balaban J connectivity index is 2.13. The monoisotopic (exact) mass is 218 g/mol. The number of hydrogen-bond acceptors (Lipinski definition) is 3. The van der Waals surface area contributed by atoms with Gasteiger partial charge in [0.2, 0.25) is 0 Å². The molecule has 0 amide bonds. The van der Waals surface area contributed by atoms with E-state index in [1.807, 2.05) is 18.3 Å². The predicted molar refractivity (Wildman–Crippen MR) is 63.9 cm³/mol. The molecule has 15 heavy (non-hydrogen) atoms. The average molecular weight is 218 g/mol. The van der Waals surface area contributed by atoms with Crippen LogP contribution in [-0.4, -0.2) is 4.98 Å². The molecule has 0 saturated heterocycles. The van der Waals surface area contributed by atoms with Crippen molar-refractivity contribution in [2.24, 2.45) is 5.73 Å². The molecule has 2 nitrogen and oxygen atoms in total. The molecule has 0 fully saturated rings. The van der Waals surface area contributed by atoms with Gasteiger partial charge in [-0.1, -0.05) is 12.1 Å². The van der Waals surface area contributed by atoms with Crippen molar-refractivity contribution in [1.82, 2.24) is 4.98 Å². The first-order valence-electron chi connectivity index (χ1n) is 4.97. The molecule has 78 valence electrons. The van der Waals surface area contributed by atoms with Crippen LogP contribution in [0.2, 0.25) is 0 Å². The molecule has 2 aromatic rings. The second-order valence-electron chi connectivity index (χ2n) is 3.59. The third-order valence-electron chi connectivity index (χ3n) is 2.44. The van der Waals surface area contributed by atoms with E-state index >= 15 is 0 Å². The molecule has 2 N–H and O–H groups in total. The van der Waals surface area contributed by atoms with E-state index in [-0.39, 0.29) is 6.04 Å². The first kappa shape index (κ1) is 10.3. The second-order valence-corrected chi connectivity index (χ2v) is 4.57. The zero-order chi connectivity index (χ0) is 10.7. The Bertz CT molecular complexity index is 423. The van der Waals surface area contributed by atoms with Crippen LogP contribution in [0.1, 0.15) is 22.2 Å². The number of nitrogens with two attached hydrogens (primary N) is 1. The fourth-order valence-corrected chi connectivity index (χ4v) is 2.27. The van der Waals surface area contributed by atoms with Crippen LogP contribution >= 0.6 is 11.3 Å². The van der Waals surface area contributed by atoms with Crippen molar-refractivity contribution >= 4 is 11.3 Å². The summed E-state index contributed by atoms with van der Waals surface area (Å²) in [7, 11) is 0. The number of aryl methyl sites for hydroxylation is 1. The highest BCUT2D eigenvalue weighted by molar-refractivity contribution is 7.10. The number of thiophene rings is 1. The maximum atomic E-state index is 6.11. The van der Waals surface area contributed by atoms with Crippen molar-refractivity contribution in [2.45, 2.75) is 19.4 Å². The number of hydrogen-bond donors (Lipinski definition) is 1. The zero-order valence-corrected chi connectivity index (χ0v) is 9.50. The van der Waals surface area contributed by atoms with Gasteiger partial charge in [0, 0.05) is 29.2 Å². The molecule has 1 unspecified atom stereocenters. The van der Waals surface area contributed by atoms with Crippen molar-refractivity contribution in [1.29, 1.82) is 0 Å². The predicted octanol–water partition coefficient (Wildman–Crippen LogP) is 2.69. The summed E-state index contributed by atoms with van der Waals surface area (Å²) in [5, 5.41) is 2.06. The van der Waals surface area contributed by atoms with E-state index in [0.29, 0.717) is 0 Å². The van der Waals surface area contributed by atoms with Crippen LogP contribution in [0.4, 0.5) is 0 Å². The fourth-order valence-electron chi connectivity index (χ4n) is 1.54. The minimum atomic E-state index is 0.0681. The first-order valence-corrected chi connectivity index (χ1v) is 5.85. The first-order chi connectivity index (χ1) is 7.27. The molecule has 0 aliphatic heterocycles. The van der Waals surface area contributed by atoms with Gasteiger partial charge in [-0.25, -0.2) is 0 Å². The second kappa shape index (κ2) is 4.55. The summed E-state index contributed by atoms with van der Waals surface area (Å²) in [6.45, 7) is 2.07. The smallest absolute Gasteiger partial charge is 0.0451 e. The van der Waals surface area contributed by atoms with Crippen molar-refractivity contribution < 1.29 is 0 Å². The molecule has 0 radical (unpaired) electrons. The normalized spacial score (nSPS) is 12.7. The van der Waals surface area contributed by atoms with Gasteiger partial charge in [0.15, 0.2) is 0 Å². The summed E-state index contributed by atoms with van der Waals surface area (Å²) in [6.07, 6.45) is 2.64. The fraction of sp³-hybridized carbons (Fsp3) is 0.250. The van der Waals surface area contributed by atoms with Crippen LogP contribution in [0.15, 0.2) is 35.8 Å². The Morgan fingerprint density at radius 2 is 2.27 bits per heavy atom. The molecule has 0 spiro atoms. The van der Waals surface area contributed by atoms with Gasteiger partial charge in [0.05, 0.1) is 0 Å². The highest BCUT2D eigenvalue weighted by atomic mass is 32.1. The molecule has 0 saturated carbocycles. The third kappa shape index (κ3) is 2.43.